The summed E-state index contributed by atoms with van der Waals surface area (Å²) in [6.07, 6.45) is 10.9. The Balaban J connectivity index is 1.46. The topological polar surface area (TPSA) is 136 Å². The highest BCUT2D eigenvalue weighted by Crippen LogP contribution is 2.32. The van der Waals surface area contributed by atoms with Crippen LogP contribution >= 0.6 is 15.9 Å². The quantitative estimate of drug-likeness (QED) is 0.192. The SMILES string of the molecule is C#C[C@@H]1[C@@H](C)C[C@@H](C(=O)Nc2nc(Br)c(F)cc2C)N1C(=O)Cn1nc(C(C)=O)c2cc(-c3cnc(C)nc3)ncc21. The van der Waals surface area contributed by atoms with Gasteiger partial charge in [-0.2, -0.15) is 5.10 Å². The molecule has 0 aliphatic carbocycles. The first-order valence-corrected chi connectivity index (χ1v) is 13.8. The summed E-state index contributed by atoms with van der Waals surface area (Å²) < 4.78 is 15.2. The van der Waals surface area contributed by atoms with E-state index in [1.165, 1.54) is 28.8 Å². The van der Waals surface area contributed by atoms with E-state index in [4.69, 9.17) is 6.42 Å². The summed E-state index contributed by atoms with van der Waals surface area (Å²) in [7, 11) is 0. The molecule has 1 fully saturated rings. The number of terminal acetylenes is 1. The molecule has 13 heteroatoms. The number of amides is 2. The van der Waals surface area contributed by atoms with E-state index in [9.17, 15) is 18.8 Å². The van der Waals surface area contributed by atoms with Crippen molar-refractivity contribution in [2.75, 3.05) is 5.32 Å². The Bertz CT molecular complexity index is 1780. The number of anilines is 1. The van der Waals surface area contributed by atoms with E-state index in [-0.39, 0.29) is 34.4 Å². The number of likely N-dealkylation sites (tertiary alicyclic amines) is 1. The second-order valence-corrected chi connectivity index (χ2v) is 11.0. The van der Waals surface area contributed by atoms with E-state index in [0.29, 0.717) is 40.0 Å². The number of halogens is 2. The van der Waals surface area contributed by atoms with Crippen LogP contribution in [0.4, 0.5) is 10.2 Å². The molecule has 0 radical (unpaired) electrons. The summed E-state index contributed by atoms with van der Waals surface area (Å²) in [5.74, 6) is 1.45. The van der Waals surface area contributed by atoms with Gasteiger partial charge in [-0.1, -0.05) is 12.8 Å². The summed E-state index contributed by atoms with van der Waals surface area (Å²) in [6.45, 7) is 6.36. The van der Waals surface area contributed by atoms with Gasteiger partial charge >= 0.3 is 0 Å². The van der Waals surface area contributed by atoms with Gasteiger partial charge in [-0.3, -0.25) is 24.0 Å². The highest BCUT2D eigenvalue weighted by Gasteiger charge is 2.44. The largest absolute Gasteiger partial charge is 0.315 e. The first-order chi connectivity index (χ1) is 20.0. The third-order valence-corrected chi connectivity index (χ3v) is 7.78. The van der Waals surface area contributed by atoms with Crippen molar-refractivity contribution in [2.24, 2.45) is 5.92 Å². The number of hydrogen-bond acceptors (Lipinski definition) is 8. The lowest BCUT2D eigenvalue weighted by Gasteiger charge is -2.28. The van der Waals surface area contributed by atoms with Crippen LogP contribution in [0.2, 0.25) is 0 Å². The van der Waals surface area contributed by atoms with Gasteiger partial charge in [-0.25, -0.2) is 19.3 Å². The molecule has 2 amide bonds. The van der Waals surface area contributed by atoms with Gasteiger partial charge in [0.25, 0.3) is 0 Å². The fourth-order valence-electron chi connectivity index (χ4n) is 5.10. The summed E-state index contributed by atoms with van der Waals surface area (Å²) >= 11 is 3.03. The molecule has 1 saturated heterocycles. The molecule has 0 unspecified atom stereocenters. The zero-order valence-corrected chi connectivity index (χ0v) is 24.8. The number of fused-ring (bicyclic) bond motifs is 1. The first kappa shape index (κ1) is 28.9. The van der Waals surface area contributed by atoms with Gasteiger partial charge in [0.1, 0.15) is 34.5 Å². The van der Waals surface area contributed by atoms with Crippen molar-refractivity contribution < 1.29 is 18.8 Å². The Morgan fingerprint density at radius 3 is 2.55 bits per heavy atom. The Morgan fingerprint density at radius 1 is 1.17 bits per heavy atom. The van der Waals surface area contributed by atoms with Crippen LogP contribution in [0, 0.1) is 37.9 Å². The average Bonchev–Trinajstić information content (AvgIpc) is 3.49. The maximum absolute atomic E-state index is 13.9. The van der Waals surface area contributed by atoms with Gasteiger partial charge in [0.05, 0.1) is 23.4 Å². The number of aryl methyl sites for hydroxylation is 2. The first-order valence-electron chi connectivity index (χ1n) is 13.1. The highest BCUT2D eigenvalue weighted by atomic mass is 79.9. The lowest BCUT2D eigenvalue weighted by Crippen LogP contribution is -2.48. The normalized spacial score (nSPS) is 18.2. The molecule has 0 saturated carbocycles. The van der Waals surface area contributed by atoms with Crippen LogP contribution in [0.15, 0.2) is 35.3 Å². The molecule has 0 spiro atoms. The predicted octanol–water partition coefficient (Wildman–Crippen LogP) is 3.88. The molecule has 5 heterocycles. The van der Waals surface area contributed by atoms with Gasteiger partial charge < -0.3 is 10.2 Å². The Hall–Kier alpha value is -4.57. The molecule has 0 aromatic carbocycles. The molecule has 1 aliphatic rings. The van der Waals surface area contributed by atoms with Crippen molar-refractivity contribution in [1.82, 2.24) is 34.6 Å². The number of carbonyl (C=O) groups is 3. The number of ketones is 1. The molecule has 4 aromatic rings. The van der Waals surface area contributed by atoms with Crippen LogP contribution in [0.5, 0.6) is 0 Å². The number of rotatable bonds is 6. The molecular formula is C29H26BrFN8O3. The molecular weight excluding hydrogens is 607 g/mol. The Morgan fingerprint density at radius 2 is 1.88 bits per heavy atom. The molecule has 4 aromatic heterocycles. The maximum atomic E-state index is 13.9. The van der Waals surface area contributed by atoms with Crippen LogP contribution in [0.3, 0.4) is 0 Å². The lowest BCUT2D eigenvalue weighted by atomic mass is 10.0. The van der Waals surface area contributed by atoms with Crippen LogP contribution < -0.4 is 5.32 Å². The summed E-state index contributed by atoms with van der Waals surface area (Å²) in [6, 6.07) is 1.40. The number of aromatic nitrogens is 6. The van der Waals surface area contributed by atoms with E-state index in [1.807, 2.05) is 6.92 Å². The fourth-order valence-corrected chi connectivity index (χ4v) is 5.39. The van der Waals surface area contributed by atoms with Crippen molar-refractivity contribution in [3.8, 4) is 23.6 Å². The molecule has 5 rings (SSSR count). The van der Waals surface area contributed by atoms with E-state index >= 15 is 0 Å². The minimum absolute atomic E-state index is 0.0452. The zero-order valence-electron chi connectivity index (χ0n) is 23.2. The second-order valence-electron chi connectivity index (χ2n) is 10.2. The number of pyridine rings is 2. The van der Waals surface area contributed by atoms with Gasteiger partial charge in [-0.05, 0) is 59.8 Å². The van der Waals surface area contributed by atoms with Crippen LogP contribution in [-0.4, -0.2) is 64.3 Å². The van der Waals surface area contributed by atoms with E-state index in [2.05, 4.69) is 52.2 Å². The van der Waals surface area contributed by atoms with Crippen molar-refractivity contribution in [3.05, 3.63) is 58.2 Å². The van der Waals surface area contributed by atoms with Gasteiger partial charge in [0.2, 0.25) is 11.8 Å². The number of nitrogens with zero attached hydrogens (tertiary/aromatic N) is 7. The van der Waals surface area contributed by atoms with Crippen LogP contribution in [0.1, 0.15) is 42.1 Å². The van der Waals surface area contributed by atoms with Crippen LogP contribution in [0.25, 0.3) is 22.2 Å². The Kier molecular flexibility index (Phi) is 7.83. The standard InChI is InChI=1S/C29H26BrFN8O3/c1-6-22-14(2)8-23(29(42)36-28-15(3)7-20(31)27(30)35-28)39(22)25(41)13-38-24-12-34-21(18-10-32-17(5)33-11-18)9-19(24)26(37-38)16(4)40/h1,7,9-12,14,22-23H,8,13H2,2-5H3,(H,35,36,42)/t14-,22+,23-/m0/s1. The molecule has 0 bridgehead atoms. The summed E-state index contributed by atoms with van der Waals surface area (Å²) in [4.78, 5) is 58.1. The second kappa shape index (κ2) is 11.4. The van der Waals surface area contributed by atoms with E-state index in [1.54, 1.807) is 32.3 Å². The summed E-state index contributed by atoms with van der Waals surface area (Å²) in [5.41, 5.74) is 2.27. The third-order valence-electron chi connectivity index (χ3n) is 7.23. The van der Waals surface area contributed by atoms with Gasteiger partial charge in [-0.15, -0.1) is 6.42 Å². The van der Waals surface area contributed by atoms with E-state index < -0.39 is 29.7 Å². The minimum Gasteiger partial charge on any atom is -0.315 e. The molecule has 42 heavy (non-hydrogen) atoms. The zero-order chi connectivity index (χ0) is 30.3. The van der Waals surface area contributed by atoms with Gasteiger partial charge in [0, 0.05) is 30.3 Å². The molecule has 1 aliphatic heterocycles. The van der Waals surface area contributed by atoms with Crippen LogP contribution in [-0.2, 0) is 16.1 Å². The molecule has 11 nitrogen and oxygen atoms in total. The van der Waals surface area contributed by atoms with Crippen molar-refractivity contribution >= 4 is 50.2 Å². The monoisotopic (exact) mass is 632 g/mol. The summed E-state index contributed by atoms with van der Waals surface area (Å²) in [5, 5.41) is 7.66. The van der Waals surface area contributed by atoms with Crippen molar-refractivity contribution in [3.63, 3.8) is 0 Å². The smallest absolute Gasteiger partial charge is 0.248 e. The van der Waals surface area contributed by atoms with Crippen molar-refractivity contribution in [1.29, 1.82) is 0 Å². The molecule has 1 N–H and O–H groups in total. The minimum atomic E-state index is -0.904. The van der Waals surface area contributed by atoms with E-state index in [0.717, 1.165) is 0 Å². The molecule has 3 atom stereocenters. The highest BCUT2D eigenvalue weighted by molar-refractivity contribution is 9.10. The number of Topliss-reactive ketones (excluding diaryl/α,β-unsaturated/α-hetero) is 1. The number of hydrogen-bond donors (Lipinski definition) is 1. The average molecular weight is 633 g/mol. The third kappa shape index (κ3) is 5.37. The van der Waals surface area contributed by atoms with Gasteiger partial charge in [0.15, 0.2) is 11.6 Å². The predicted molar refractivity (Wildman–Crippen MR) is 156 cm³/mol. The van der Waals surface area contributed by atoms with Crippen molar-refractivity contribution in [2.45, 2.75) is 52.7 Å². The maximum Gasteiger partial charge on any atom is 0.248 e. The fraction of sp³-hybridized carbons (Fsp3) is 0.310. The Labute approximate surface area is 249 Å². The number of nitrogens with one attached hydrogen (secondary N) is 1. The lowest BCUT2D eigenvalue weighted by molar-refractivity contribution is -0.138. The number of carbonyl (C=O) groups excluding carboxylic acids is 3. The molecule has 214 valence electrons.